The van der Waals surface area contributed by atoms with Crippen molar-refractivity contribution in [2.45, 2.75) is 25.7 Å². The van der Waals surface area contributed by atoms with Crippen LogP contribution in [0.5, 0.6) is 5.75 Å². The van der Waals surface area contributed by atoms with Crippen LogP contribution in [-0.2, 0) is 24.1 Å². The molecule has 0 bridgehead atoms. The molecule has 4 rings (SSSR count). The van der Waals surface area contributed by atoms with Crippen LogP contribution >= 0.6 is 11.3 Å². The number of methoxy groups -OCH3 is 1. The minimum atomic E-state index is -0.0648. The number of aryl methyl sites for hydroxylation is 2. The second kappa shape index (κ2) is 7.30. The zero-order valence-electron chi connectivity index (χ0n) is 14.6. The molecule has 1 N–H and O–H groups in total. The number of fused-ring (bicyclic) bond motifs is 1. The Morgan fingerprint density at radius 2 is 1.96 bits per heavy atom. The van der Waals surface area contributed by atoms with Crippen LogP contribution in [0.15, 0.2) is 47.8 Å². The number of anilines is 1. The van der Waals surface area contributed by atoms with Crippen molar-refractivity contribution in [1.29, 1.82) is 0 Å². The van der Waals surface area contributed by atoms with E-state index in [1.54, 1.807) is 7.11 Å². The van der Waals surface area contributed by atoms with Crippen LogP contribution in [0.4, 0.5) is 5.13 Å². The highest BCUT2D eigenvalue weighted by atomic mass is 32.1. The van der Waals surface area contributed by atoms with Crippen molar-refractivity contribution in [2.24, 2.45) is 0 Å². The highest BCUT2D eigenvalue weighted by Crippen LogP contribution is 2.30. The molecule has 1 aromatic heterocycles. The van der Waals surface area contributed by atoms with Crippen molar-refractivity contribution in [3.8, 4) is 17.0 Å². The molecule has 0 spiro atoms. The van der Waals surface area contributed by atoms with Crippen molar-refractivity contribution in [2.75, 3.05) is 12.4 Å². The van der Waals surface area contributed by atoms with Gasteiger partial charge in [-0.3, -0.25) is 4.79 Å². The van der Waals surface area contributed by atoms with Crippen LogP contribution in [0.2, 0.25) is 0 Å². The first-order valence-electron chi connectivity index (χ1n) is 8.72. The van der Waals surface area contributed by atoms with Crippen molar-refractivity contribution in [3.05, 3.63) is 64.5 Å². The number of thiazole rings is 1. The Balaban J connectivity index is 1.42. The van der Waals surface area contributed by atoms with Crippen LogP contribution in [0, 0.1) is 0 Å². The van der Waals surface area contributed by atoms with E-state index in [0.29, 0.717) is 11.6 Å². The van der Waals surface area contributed by atoms with Gasteiger partial charge in [-0.25, -0.2) is 4.98 Å². The van der Waals surface area contributed by atoms with Gasteiger partial charge in [-0.1, -0.05) is 24.3 Å². The Kier molecular flexibility index (Phi) is 4.71. The Morgan fingerprint density at radius 3 is 2.77 bits per heavy atom. The van der Waals surface area contributed by atoms with E-state index in [1.165, 1.54) is 35.3 Å². The van der Waals surface area contributed by atoms with Gasteiger partial charge >= 0.3 is 0 Å². The van der Waals surface area contributed by atoms with E-state index in [0.717, 1.165) is 29.0 Å². The van der Waals surface area contributed by atoms with E-state index in [4.69, 9.17) is 4.74 Å². The molecule has 1 aliphatic carbocycles. The Bertz CT molecular complexity index is 931. The molecular formula is C21H20N2O2S. The molecule has 0 radical (unpaired) electrons. The van der Waals surface area contributed by atoms with Crippen LogP contribution < -0.4 is 10.1 Å². The molecule has 5 heteroatoms. The van der Waals surface area contributed by atoms with Gasteiger partial charge in [-0.2, -0.15) is 0 Å². The topological polar surface area (TPSA) is 51.2 Å². The molecule has 0 fully saturated rings. The van der Waals surface area contributed by atoms with Gasteiger partial charge in [0.25, 0.3) is 0 Å². The fourth-order valence-corrected chi connectivity index (χ4v) is 4.02. The van der Waals surface area contributed by atoms with Gasteiger partial charge in [-0.15, -0.1) is 11.3 Å². The second-order valence-corrected chi connectivity index (χ2v) is 7.31. The number of hydrogen-bond donors (Lipinski definition) is 1. The summed E-state index contributed by atoms with van der Waals surface area (Å²) in [4.78, 5) is 16.8. The maximum atomic E-state index is 12.3. The number of ether oxygens (including phenoxy) is 1. The monoisotopic (exact) mass is 364 g/mol. The molecule has 26 heavy (non-hydrogen) atoms. The van der Waals surface area contributed by atoms with Crippen molar-refractivity contribution < 1.29 is 9.53 Å². The van der Waals surface area contributed by atoms with E-state index in [2.05, 4.69) is 28.5 Å². The molecule has 1 heterocycles. The second-order valence-electron chi connectivity index (χ2n) is 6.45. The summed E-state index contributed by atoms with van der Waals surface area (Å²) in [6.07, 6.45) is 3.89. The fraction of sp³-hybridized carbons (Fsp3) is 0.238. The summed E-state index contributed by atoms with van der Waals surface area (Å²) in [7, 11) is 1.63. The number of nitrogens with zero attached hydrogens (tertiary/aromatic N) is 1. The lowest BCUT2D eigenvalue weighted by atomic mass is 10.1. The normalized spacial score (nSPS) is 12.7. The summed E-state index contributed by atoms with van der Waals surface area (Å²) in [5.41, 5.74) is 5.87. The molecule has 0 aliphatic heterocycles. The summed E-state index contributed by atoms with van der Waals surface area (Å²) >= 11 is 1.46. The smallest absolute Gasteiger partial charge is 0.230 e. The van der Waals surface area contributed by atoms with Crippen molar-refractivity contribution in [3.63, 3.8) is 0 Å². The Morgan fingerprint density at radius 1 is 1.15 bits per heavy atom. The summed E-state index contributed by atoms with van der Waals surface area (Å²) in [5, 5.41) is 5.54. The summed E-state index contributed by atoms with van der Waals surface area (Å²) in [6.45, 7) is 0. The molecular weight excluding hydrogens is 344 g/mol. The van der Waals surface area contributed by atoms with Crippen molar-refractivity contribution in [1.82, 2.24) is 4.98 Å². The summed E-state index contributed by atoms with van der Waals surface area (Å²) in [5.74, 6) is 0.720. The van der Waals surface area contributed by atoms with Crippen LogP contribution in [0.25, 0.3) is 11.3 Å². The summed E-state index contributed by atoms with van der Waals surface area (Å²) in [6, 6.07) is 14.1. The first-order valence-corrected chi connectivity index (χ1v) is 9.60. The van der Waals surface area contributed by atoms with Gasteiger partial charge in [-0.05, 0) is 54.2 Å². The number of nitrogens with one attached hydrogen (secondary N) is 1. The van der Waals surface area contributed by atoms with Gasteiger partial charge in [0.2, 0.25) is 5.91 Å². The predicted molar refractivity (Wildman–Crippen MR) is 105 cm³/mol. The highest BCUT2D eigenvalue weighted by Gasteiger charge is 2.13. The van der Waals surface area contributed by atoms with Gasteiger partial charge in [0.1, 0.15) is 5.75 Å². The van der Waals surface area contributed by atoms with E-state index >= 15 is 0 Å². The standard InChI is InChI=1S/C21H20N2O2S/c1-25-18-9-5-14(6-10-18)11-20(24)23-21-22-19(13-26-21)17-8-7-15-3-2-4-16(15)12-17/h5-10,12-13H,2-4,11H2,1H3,(H,22,23,24). The van der Waals surface area contributed by atoms with E-state index < -0.39 is 0 Å². The average molecular weight is 364 g/mol. The Labute approximate surface area is 156 Å². The molecule has 0 unspecified atom stereocenters. The van der Waals surface area contributed by atoms with E-state index in [-0.39, 0.29) is 5.91 Å². The third kappa shape index (κ3) is 3.63. The number of aromatic nitrogens is 1. The molecule has 0 saturated carbocycles. The minimum Gasteiger partial charge on any atom is -0.497 e. The number of carbonyl (C=O) groups excluding carboxylic acids is 1. The fourth-order valence-electron chi connectivity index (χ4n) is 3.29. The van der Waals surface area contributed by atoms with E-state index in [9.17, 15) is 4.79 Å². The van der Waals surface area contributed by atoms with Gasteiger partial charge in [0.15, 0.2) is 5.13 Å². The maximum absolute atomic E-state index is 12.3. The third-order valence-corrected chi connectivity index (χ3v) is 5.43. The van der Waals surface area contributed by atoms with Crippen LogP contribution in [0.3, 0.4) is 0 Å². The molecule has 0 saturated heterocycles. The van der Waals surface area contributed by atoms with Crippen LogP contribution in [-0.4, -0.2) is 18.0 Å². The number of amides is 1. The maximum Gasteiger partial charge on any atom is 0.230 e. The molecule has 1 aliphatic rings. The highest BCUT2D eigenvalue weighted by molar-refractivity contribution is 7.14. The lowest BCUT2D eigenvalue weighted by molar-refractivity contribution is -0.115. The van der Waals surface area contributed by atoms with Crippen LogP contribution in [0.1, 0.15) is 23.1 Å². The SMILES string of the molecule is COc1ccc(CC(=O)Nc2nc(-c3ccc4c(c3)CCC4)cs2)cc1. The molecule has 132 valence electrons. The minimum absolute atomic E-state index is 0.0648. The molecule has 1 amide bonds. The largest absolute Gasteiger partial charge is 0.497 e. The number of carbonyl (C=O) groups is 1. The number of hydrogen-bond acceptors (Lipinski definition) is 4. The van der Waals surface area contributed by atoms with E-state index in [1.807, 2.05) is 29.6 Å². The number of rotatable bonds is 5. The zero-order chi connectivity index (χ0) is 17.9. The lowest BCUT2D eigenvalue weighted by Crippen LogP contribution is -2.14. The van der Waals surface area contributed by atoms with Gasteiger partial charge < -0.3 is 10.1 Å². The lowest BCUT2D eigenvalue weighted by Gasteiger charge is -2.04. The summed E-state index contributed by atoms with van der Waals surface area (Å²) < 4.78 is 5.13. The van der Waals surface area contributed by atoms with Gasteiger partial charge in [0, 0.05) is 10.9 Å². The average Bonchev–Trinajstić information content (AvgIpc) is 3.30. The Hall–Kier alpha value is -2.66. The first kappa shape index (κ1) is 16.8. The van der Waals surface area contributed by atoms with Gasteiger partial charge in [0.05, 0.1) is 19.2 Å². The molecule has 4 nitrogen and oxygen atoms in total. The zero-order valence-corrected chi connectivity index (χ0v) is 15.4. The third-order valence-electron chi connectivity index (χ3n) is 4.67. The predicted octanol–water partition coefficient (Wildman–Crippen LogP) is 4.49. The number of benzene rings is 2. The first-order chi connectivity index (χ1) is 12.7. The van der Waals surface area contributed by atoms with Crippen molar-refractivity contribution >= 4 is 22.4 Å². The molecule has 0 atom stereocenters. The molecule has 2 aromatic carbocycles. The quantitative estimate of drug-likeness (QED) is 0.726. The molecule has 3 aromatic rings.